The minimum atomic E-state index is -1.79. The molecule has 0 aliphatic carbocycles. The number of nitrogens with zero attached hydrogens (tertiary/aromatic N) is 1. The first-order chi connectivity index (χ1) is 6.68. The van der Waals surface area contributed by atoms with Crippen LogP contribution in [-0.2, 0) is 9.63 Å². The molecule has 2 rings (SSSR count). The van der Waals surface area contributed by atoms with E-state index in [4.69, 9.17) is 5.11 Å². The number of hydrogen-bond acceptors (Lipinski definition) is 4. The molecule has 0 bridgehead atoms. The maximum atomic E-state index is 14.1. The highest BCUT2D eigenvalue weighted by molar-refractivity contribution is 5.87. The van der Waals surface area contributed by atoms with Crippen LogP contribution in [0, 0.1) is 5.92 Å². The number of carbonyl (C=O) groups excluding carboxylic acids is 1. The van der Waals surface area contributed by atoms with Gasteiger partial charge in [-0.15, -0.1) is 0 Å². The maximum Gasteiger partial charge on any atom is 0.284 e. The summed E-state index contributed by atoms with van der Waals surface area (Å²) in [6.45, 7) is 0.601. The van der Waals surface area contributed by atoms with E-state index in [9.17, 15) is 9.18 Å². The van der Waals surface area contributed by atoms with Crippen LogP contribution in [-0.4, -0.2) is 48.2 Å². The molecule has 6 heteroatoms. The Morgan fingerprint density at radius 3 is 3.21 bits per heavy atom. The lowest BCUT2D eigenvalue weighted by Gasteiger charge is -2.29. The largest absolute Gasteiger partial charge is 0.368 e. The monoisotopic (exact) mass is 204 g/mol. The van der Waals surface area contributed by atoms with Crippen LogP contribution >= 0.6 is 0 Å². The van der Waals surface area contributed by atoms with Gasteiger partial charge in [-0.2, -0.15) is 0 Å². The summed E-state index contributed by atoms with van der Waals surface area (Å²) >= 11 is 0. The fraction of sp³-hybridized carbons (Fsp3) is 0.875. The van der Waals surface area contributed by atoms with E-state index in [1.165, 1.54) is 0 Å². The number of amides is 1. The van der Waals surface area contributed by atoms with Crippen molar-refractivity contribution in [1.29, 1.82) is 0 Å². The average Bonchev–Trinajstić information content (AvgIpc) is 2.42. The second-order valence-electron chi connectivity index (χ2n) is 3.64. The molecule has 0 saturated carbocycles. The topological polar surface area (TPSA) is 61.8 Å². The third-order valence-electron chi connectivity index (χ3n) is 2.89. The third kappa shape index (κ3) is 1.30. The lowest BCUT2D eigenvalue weighted by molar-refractivity contribution is -0.209. The smallest absolute Gasteiger partial charge is 0.284 e. The lowest BCUT2D eigenvalue weighted by atomic mass is 9.86. The van der Waals surface area contributed by atoms with Crippen LogP contribution in [0.2, 0.25) is 0 Å². The van der Waals surface area contributed by atoms with E-state index in [0.29, 0.717) is 13.1 Å². The standard InChI is InChI=1S/C8H13FN2O3/c9-8-1-2-10-3-6(8)4-11(7(8)13)14-5-12/h6,10,12H,1-5H2/t6-,8+/m1/s1. The summed E-state index contributed by atoms with van der Waals surface area (Å²) in [6, 6.07) is 0. The van der Waals surface area contributed by atoms with Gasteiger partial charge in [0.25, 0.3) is 5.91 Å². The summed E-state index contributed by atoms with van der Waals surface area (Å²) in [7, 11) is 0. The number of hydroxylamine groups is 2. The Morgan fingerprint density at radius 1 is 1.79 bits per heavy atom. The van der Waals surface area contributed by atoms with Gasteiger partial charge in [0.15, 0.2) is 12.5 Å². The normalized spacial score (nSPS) is 37.4. The van der Waals surface area contributed by atoms with Gasteiger partial charge in [0.1, 0.15) is 0 Å². The molecule has 2 N–H and O–H groups in total. The number of hydrogen-bond donors (Lipinski definition) is 2. The SMILES string of the molecule is O=C1N(OCO)C[C@H]2CNCC[C@@]12F. The van der Waals surface area contributed by atoms with Gasteiger partial charge in [0.05, 0.1) is 6.54 Å². The number of alkyl halides is 1. The van der Waals surface area contributed by atoms with E-state index in [-0.39, 0.29) is 18.9 Å². The van der Waals surface area contributed by atoms with Gasteiger partial charge in [0, 0.05) is 18.9 Å². The molecule has 0 aromatic rings. The Labute approximate surface area is 80.8 Å². The van der Waals surface area contributed by atoms with Crippen molar-refractivity contribution in [3.8, 4) is 0 Å². The van der Waals surface area contributed by atoms with Gasteiger partial charge in [0.2, 0.25) is 0 Å². The molecule has 0 aromatic carbocycles. The number of nitrogens with one attached hydrogen (secondary N) is 1. The van der Waals surface area contributed by atoms with Crippen LogP contribution < -0.4 is 5.32 Å². The fourth-order valence-electron chi connectivity index (χ4n) is 2.07. The van der Waals surface area contributed by atoms with Gasteiger partial charge in [-0.05, 0) is 6.54 Å². The van der Waals surface area contributed by atoms with Crippen molar-refractivity contribution in [3.05, 3.63) is 0 Å². The molecule has 2 fully saturated rings. The summed E-state index contributed by atoms with van der Waals surface area (Å²) in [5.74, 6) is -1.02. The van der Waals surface area contributed by atoms with E-state index in [0.717, 1.165) is 5.06 Å². The fourth-order valence-corrected chi connectivity index (χ4v) is 2.07. The zero-order chi connectivity index (χ0) is 10.2. The molecule has 5 nitrogen and oxygen atoms in total. The number of aliphatic hydroxyl groups excluding tert-OH is 1. The van der Waals surface area contributed by atoms with Crippen LogP contribution in [0.4, 0.5) is 4.39 Å². The van der Waals surface area contributed by atoms with Gasteiger partial charge < -0.3 is 10.4 Å². The molecule has 14 heavy (non-hydrogen) atoms. The highest BCUT2D eigenvalue weighted by Crippen LogP contribution is 2.37. The molecular weight excluding hydrogens is 191 g/mol. The summed E-state index contributed by atoms with van der Waals surface area (Å²) in [5, 5.41) is 12.5. The summed E-state index contributed by atoms with van der Waals surface area (Å²) in [5.41, 5.74) is -1.79. The van der Waals surface area contributed by atoms with E-state index in [1.54, 1.807) is 0 Å². The summed E-state index contributed by atoms with van der Waals surface area (Å²) in [6.07, 6.45) is 0.182. The molecule has 2 heterocycles. The number of piperidine rings is 1. The second-order valence-corrected chi connectivity index (χ2v) is 3.64. The predicted molar refractivity (Wildman–Crippen MR) is 44.7 cm³/mol. The molecule has 1 amide bonds. The van der Waals surface area contributed by atoms with Crippen LogP contribution in [0.15, 0.2) is 0 Å². The van der Waals surface area contributed by atoms with Crippen molar-refractivity contribution in [2.24, 2.45) is 5.92 Å². The highest BCUT2D eigenvalue weighted by atomic mass is 19.1. The van der Waals surface area contributed by atoms with Crippen molar-refractivity contribution in [1.82, 2.24) is 10.4 Å². The molecule has 2 saturated heterocycles. The van der Waals surface area contributed by atoms with Crippen molar-refractivity contribution >= 4 is 5.91 Å². The zero-order valence-corrected chi connectivity index (χ0v) is 7.70. The molecule has 0 spiro atoms. The zero-order valence-electron chi connectivity index (χ0n) is 7.70. The van der Waals surface area contributed by atoms with Crippen molar-refractivity contribution in [3.63, 3.8) is 0 Å². The number of fused-ring (bicyclic) bond motifs is 1. The number of aliphatic hydroxyl groups is 1. The highest BCUT2D eigenvalue weighted by Gasteiger charge is 2.56. The molecule has 2 atom stereocenters. The minimum absolute atomic E-state index is 0.182. The lowest BCUT2D eigenvalue weighted by Crippen LogP contribution is -2.49. The Morgan fingerprint density at radius 2 is 2.57 bits per heavy atom. The van der Waals surface area contributed by atoms with Crippen molar-refractivity contribution < 1.29 is 19.1 Å². The third-order valence-corrected chi connectivity index (χ3v) is 2.89. The average molecular weight is 204 g/mol. The molecule has 0 unspecified atom stereocenters. The maximum absolute atomic E-state index is 14.1. The first kappa shape index (κ1) is 9.82. The summed E-state index contributed by atoms with van der Waals surface area (Å²) in [4.78, 5) is 16.2. The number of rotatable bonds is 2. The van der Waals surface area contributed by atoms with Crippen LogP contribution in [0.25, 0.3) is 0 Å². The Kier molecular flexibility index (Phi) is 2.42. The van der Waals surface area contributed by atoms with E-state index >= 15 is 0 Å². The van der Waals surface area contributed by atoms with Gasteiger partial charge >= 0.3 is 0 Å². The van der Waals surface area contributed by atoms with Crippen molar-refractivity contribution in [2.75, 3.05) is 26.4 Å². The molecule has 80 valence electrons. The molecular formula is C8H13FN2O3. The van der Waals surface area contributed by atoms with Crippen LogP contribution in [0.5, 0.6) is 0 Å². The van der Waals surface area contributed by atoms with Crippen LogP contribution in [0.3, 0.4) is 0 Å². The number of halogens is 1. The summed E-state index contributed by atoms with van der Waals surface area (Å²) < 4.78 is 14.1. The Bertz CT molecular complexity index is 251. The first-order valence-corrected chi connectivity index (χ1v) is 4.64. The van der Waals surface area contributed by atoms with E-state index in [2.05, 4.69) is 10.2 Å². The van der Waals surface area contributed by atoms with Crippen molar-refractivity contribution in [2.45, 2.75) is 12.1 Å². The Balaban J connectivity index is 2.14. The van der Waals surface area contributed by atoms with E-state index in [1.807, 2.05) is 0 Å². The van der Waals surface area contributed by atoms with Gasteiger partial charge in [-0.25, -0.2) is 14.3 Å². The molecule has 0 aromatic heterocycles. The van der Waals surface area contributed by atoms with E-state index < -0.39 is 18.4 Å². The quantitative estimate of drug-likeness (QED) is 0.568. The van der Waals surface area contributed by atoms with Crippen LogP contribution in [0.1, 0.15) is 6.42 Å². The number of carbonyl (C=O) groups is 1. The second kappa shape index (κ2) is 3.45. The van der Waals surface area contributed by atoms with Gasteiger partial charge in [-0.3, -0.25) is 4.79 Å². The minimum Gasteiger partial charge on any atom is -0.368 e. The molecule has 0 radical (unpaired) electrons. The predicted octanol–water partition coefficient (Wildman–Crippen LogP) is -0.972. The molecule has 2 aliphatic heterocycles. The first-order valence-electron chi connectivity index (χ1n) is 4.64. The van der Waals surface area contributed by atoms with Gasteiger partial charge in [-0.1, -0.05) is 0 Å². The Hall–Kier alpha value is -0.720. The molecule has 2 aliphatic rings.